The monoisotopic (exact) mass is 460 g/mol. The van der Waals surface area contributed by atoms with Crippen LogP contribution in [-0.4, -0.2) is 25.9 Å². The van der Waals surface area contributed by atoms with Gasteiger partial charge >= 0.3 is 0 Å². The highest BCUT2D eigenvalue weighted by molar-refractivity contribution is 7.80. The maximum absolute atomic E-state index is 12.5. The smallest absolute Gasteiger partial charge is 0.292 e. The average Bonchev–Trinajstić information content (AvgIpc) is 2.60. The molecule has 0 aliphatic heterocycles. The lowest BCUT2D eigenvalue weighted by Gasteiger charge is -2.27. The van der Waals surface area contributed by atoms with Crippen LogP contribution in [0.1, 0.15) is 15.9 Å². The Hall–Kier alpha value is -2.13. The number of benzene rings is 2. The third-order valence-corrected chi connectivity index (χ3v) is 4.38. The summed E-state index contributed by atoms with van der Waals surface area (Å²) in [6.45, 7) is 1.84. The number of nitrogens with zero attached hydrogens (tertiary/aromatic N) is 1. The highest BCUT2D eigenvalue weighted by Gasteiger charge is 2.35. The highest BCUT2D eigenvalue weighted by Crippen LogP contribution is 2.30. The first-order valence-corrected chi connectivity index (χ1v) is 9.37. The third-order valence-electron chi connectivity index (χ3n) is 3.51. The second kappa shape index (κ2) is 9.38. The van der Waals surface area contributed by atoms with E-state index in [4.69, 9.17) is 47.0 Å². The predicted molar refractivity (Wildman–Crippen MR) is 115 cm³/mol. The quantitative estimate of drug-likeness (QED) is 0.202. The first kappa shape index (κ1) is 22.2. The van der Waals surface area contributed by atoms with E-state index in [0.29, 0.717) is 5.56 Å². The largest absolute Gasteiger partial charge is 0.339 e. The van der Waals surface area contributed by atoms with Crippen LogP contribution in [0.2, 0.25) is 0 Å². The van der Waals surface area contributed by atoms with Gasteiger partial charge in [-0.2, -0.15) is 0 Å². The second-order valence-corrected chi connectivity index (χ2v) is 8.47. The molecule has 2 rings (SSSR count). The van der Waals surface area contributed by atoms with Crippen molar-refractivity contribution in [3.05, 3.63) is 69.8 Å². The Labute approximate surface area is 181 Å². The van der Waals surface area contributed by atoms with Crippen molar-refractivity contribution in [3.63, 3.8) is 0 Å². The van der Waals surface area contributed by atoms with Crippen molar-refractivity contribution in [2.24, 2.45) is 0 Å². The highest BCUT2D eigenvalue weighted by atomic mass is 35.6. The summed E-state index contributed by atoms with van der Waals surface area (Å²) in [6, 6.07) is 12.8. The Morgan fingerprint density at radius 2 is 1.82 bits per heavy atom. The fraction of sp³-hybridized carbons (Fsp3) is 0.176. The van der Waals surface area contributed by atoms with Crippen molar-refractivity contribution in [3.8, 4) is 0 Å². The van der Waals surface area contributed by atoms with Crippen LogP contribution in [0.25, 0.3) is 0 Å². The van der Waals surface area contributed by atoms with Crippen LogP contribution in [0.4, 0.5) is 11.4 Å². The molecule has 0 aliphatic carbocycles. The van der Waals surface area contributed by atoms with Gasteiger partial charge in [-0.25, -0.2) is 0 Å². The van der Waals surface area contributed by atoms with E-state index in [1.165, 1.54) is 18.2 Å². The maximum atomic E-state index is 12.5. The molecule has 7 nitrogen and oxygen atoms in total. The van der Waals surface area contributed by atoms with E-state index in [2.05, 4.69) is 16.0 Å². The number of nitro benzene ring substituents is 1. The summed E-state index contributed by atoms with van der Waals surface area (Å²) in [5.41, 5.74) is 1.23. The number of anilines is 1. The lowest BCUT2D eigenvalue weighted by Crippen LogP contribution is -2.56. The average molecular weight is 462 g/mol. The molecule has 0 saturated carbocycles. The molecule has 2 aromatic carbocycles. The van der Waals surface area contributed by atoms with E-state index >= 15 is 0 Å². The number of rotatable bonds is 5. The minimum Gasteiger partial charge on any atom is -0.339 e. The van der Waals surface area contributed by atoms with Gasteiger partial charge in [0.1, 0.15) is 11.9 Å². The fourth-order valence-corrected chi connectivity index (χ4v) is 2.78. The SMILES string of the molecule is Cc1cccc(C(=O)N[C@H](NC(=S)Nc2ccccc2[N+](=O)[O-])C(Cl)(Cl)Cl)c1. The number of halogens is 3. The minimum atomic E-state index is -1.95. The molecule has 11 heteroatoms. The zero-order valence-corrected chi connectivity index (χ0v) is 17.5. The summed E-state index contributed by atoms with van der Waals surface area (Å²) in [5.74, 6) is -0.485. The molecule has 0 aliphatic rings. The van der Waals surface area contributed by atoms with Gasteiger partial charge < -0.3 is 16.0 Å². The number of amides is 1. The van der Waals surface area contributed by atoms with E-state index < -0.39 is 20.8 Å². The number of carbonyl (C=O) groups is 1. The van der Waals surface area contributed by atoms with E-state index in [1.54, 1.807) is 24.3 Å². The van der Waals surface area contributed by atoms with Gasteiger partial charge in [-0.1, -0.05) is 64.6 Å². The number of nitrogens with one attached hydrogen (secondary N) is 3. The molecule has 28 heavy (non-hydrogen) atoms. The van der Waals surface area contributed by atoms with Crippen molar-refractivity contribution in [2.45, 2.75) is 16.9 Å². The summed E-state index contributed by atoms with van der Waals surface area (Å²) in [6.07, 6.45) is -1.20. The minimum absolute atomic E-state index is 0.0739. The summed E-state index contributed by atoms with van der Waals surface area (Å²) in [7, 11) is 0. The molecule has 0 aromatic heterocycles. The Balaban J connectivity index is 2.13. The molecule has 0 bridgehead atoms. The molecule has 3 N–H and O–H groups in total. The van der Waals surface area contributed by atoms with Crippen LogP contribution in [0.5, 0.6) is 0 Å². The van der Waals surface area contributed by atoms with Crippen LogP contribution in [-0.2, 0) is 0 Å². The van der Waals surface area contributed by atoms with E-state index in [-0.39, 0.29) is 16.5 Å². The Morgan fingerprint density at radius 1 is 1.14 bits per heavy atom. The normalized spacial score (nSPS) is 12.0. The molecule has 0 heterocycles. The van der Waals surface area contributed by atoms with Gasteiger partial charge in [-0.3, -0.25) is 14.9 Å². The van der Waals surface area contributed by atoms with Gasteiger partial charge in [0.15, 0.2) is 5.11 Å². The third kappa shape index (κ3) is 6.20. The number of nitro groups is 1. The van der Waals surface area contributed by atoms with Gasteiger partial charge in [-0.05, 0) is 37.3 Å². The van der Waals surface area contributed by atoms with Gasteiger partial charge in [0, 0.05) is 11.6 Å². The van der Waals surface area contributed by atoms with Crippen LogP contribution in [0, 0.1) is 17.0 Å². The molecule has 0 unspecified atom stereocenters. The molecule has 1 atom stereocenters. The predicted octanol–water partition coefficient (Wildman–Crippen LogP) is 4.32. The number of aryl methyl sites for hydroxylation is 1. The van der Waals surface area contributed by atoms with Crippen LogP contribution >= 0.6 is 47.0 Å². The molecule has 2 aromatic rings. The number of hydrogen-bond acceptors (Lipinski definition) is 4. The Kier molecular flexibility index (Phi) is 7.42. The maximum Gasteiger partial charge on any atom is 0.292 e. The van der Waals surface area contributed by atoms with Gasteiger partial charge in [-0.15, -0.1) is 0 Å². The molecular formula is C17H15Cl3N4O3S. The summed E-state index contributed by atoms with van der Waals surface area (Å²) in [5, 5.41) is 18.9. The van der Waals surface area contributed by atoms with Crippen molar-refractivity contribution < 1.29 is 9.72 Å². The number of thiocarbonyl (C=S) groups is 1. The molecule has 148 valence electrons. The van der Waals surface area contributed by atoms with Crippen molar-refractivity contribution in [2.75, 3.05) is 5.32 Å². The lowest BCUT2D eigenvalue weighted by atomic mass is 10.1. The summed E-state index contributed by atoms with van der Waals surface area (Å²) < 4.78 is -1.95. The number of carbonyl (C=O) groups excluding carboxylic acids is 1. The number of hydrogen-bond donors (Lipinski definition) is 3. The molecule has 0 spiro atoms. The van der Waals surface area contributed by atoms with Crippen LogP contribution in [0.15, 0.2) is 48.5 Å². The van der Waals surface area contributed by atoms with E-state index in [9.17, 15) is 14.9 Å². The molecular weight excluding hydrogens is 447 g/mol. The Morgan fingerprint density at radius 3 is 2.43 bits per heavy atom. The summed E-state index contributed by atoms with van der Waals surface area (Å²) >= 11 is 23.0. The van der Waals surface area contributed by atoms with Crippen molar-refractivity contribution >= 4 is 69.4 Å². The standard InChI is InChI=1S/C17H15Cl3N4O3S/c1-10-5-4-6-11(9-10)14(25)22-15(17(18,19)20)23-16(28)21-12-7-2-3-8-13(12)24(26)27/h2-9,15H,1H3,(H,22,25)(H2,21,23,28)/t15-/m1/s1. The zero-order valence-electron chi connectivity index (χ0n) is 14.4. The van der Waals surface area contributed by atoms with Gasteiger partial charge in [0.25, 0.3) is 11.6 Å². The van der Waals surface area contributed by atoms with Crippen molar-refractivity contribution in [1.29, 1.82) is 0 Å². The molecule has 0 fully saturated rings. The van der Waals surface area contributed by atoms with Crippen molar-refractivity contribution in [1.82, 2.24) is 10.6 Å². The molecule has 0 saturated heterocycles. The Bertz CT molecular complexity index is 905. The first-order valence-electron chi connectivity index (χ1n) is 7.83. The first-order chi connectivity index (χ1) is 13.1. The van der Waals surface area contributed by atoms with Crippen LogP contribution < -0.4 is 16.0 Å². The van der Waals surface area contributed by atoms with E-state index in [1.807, 2.05) is 13.0 Å². The second-order valence-electron chi connectivity index (χ2n) is 5.69. The fourth-order valence-electron chi connectivity index (χ4n) is 2.23. The van der Waals surface area contributed by atoms with Crippen LogP contribution in [0.3, 0.4) is 0 Å². The van der Waals surface area contributed by atoms with E-state index in [0.717, 1.165) is 5.56 Å². The van der Waals surface area contributed by atoms with Gasteiger partial charge in [0.2, 0.25) is 3.79 Å². The molecule has 1 amide bonds. The molecule has 0 radical (unpaired) electrons. The zero-order chi connectivity index (χ0) is 20.9. The van der Waals surface area contributed by atoms with Gasteiger partial charge in [0.05, 0.1) is 4.92 Å². The number of para-hydroxylation sites is 2. The number of alkyl halides is 3. The summed E-state index contributed by atoms with van der Waals surface area (Å²) in [4.78, 5) is 23.0. The lowest BCUT2D eigenvalue weighted by molar-refractivity contribution is -0.383. The topological polar surface area (TPSA) is 96.3 Å².